The largest absolute Gasteiger partial charge is 0.418 e. The lowest BCUT2D eigenvalue weighted by molar-refractivity contribution is -0.274. The summed E-state index contributed by atoms with van der Waals surface area (Å²) in [7, 11) is 0. The molecule has 3 heterocycles. The zero-order valence-corrected chi connectivity index (χ0v) is 13.7. The number of aromatic nitrogens is 1. The van der Waals surface area contributed by atoms with E-state index in [-0.39, 0.29) is 13.0 Å². The van der Waals surface area contributed by atoms with Crippen LogP contribution < -0.4 is 4.90 Å². The number of nitrogens with zero attached hydrogens (tertiary/aromatic N) is 3. The van der Waals surface area contributed by atoms with Crippen molar-refractivity contribution in [2.75, 3.05) is 31.1 Å². The van der Waals surface area contributed by atoms with Gasteiger partial charge in [0.25, 0.3) is 0 Å². The minimum atomic E-state index is -4.59. The summed E-state index contributed by atoms with van der Waals surface area (Å²) in [5, 5.41) is 9.92. The highest BCUT2D eigenvalue weighted by Gasteiger charge is 2.55. The molecule has 1 aromatic rings. The minimum Gasteiger partial charge on any atom is -0.379 e. The van der Waals surface area contributed by atoms with Crippen LogP contribution in [-0.2, 0) is 6.54 Å². The van der Waals surface area contributed by atoms with Crippen molar-refractivity contribution < 1.29 is 18.3 Å². The van der Waals surface area contributed by atoms with E-state index in [0.29, 0.717) is 19.5 Å². The Kier molecular flexibility index (Phi) is 5.01. The van der Waals surface area contributed by atoms with E-state index in [1.165, 1.54) is 6.42 Å². The summed E-state index contributed by atoms with van der Waals surface area (Å²) >= 11 is 0. The Morgan fingerprint density at radius 1 is 1.08 bits per heavy atom. The van der Waals surface area contributed by atoms with Crippen LogP contribution in [0.3, 0.4) is 0 Å². The van der Waals surface area contributed by atoms with E-state index in [2.05, 4.69) is 9.88 Å². The van der Waals surface area contributed by atoms with E-state index in [9.17, 15) is 18.3 Å². The smallest absolute Gasteiger partial charge is 0.379 e. The zero-order valence-electron chi connectivity index (χ0n) is 13.7. The molecule has 0 spiro atoms. The molecule has 24 heavy (non-hydrogen) atoms. The number of β-amino-alcohol motifs (C(OH)–C–C–N with tert-alkyl or cyclic N) is 1. The lowest BCUT2D eigenvalue weighted by Crippen LogP contribution is -2.56. The van der Waals surface area contributed by atoms with Crippen LogP contribution in [0.2, 0.25) is 0 Å². The van der Waals surface area contributed by atoms with Gasteiger partial charge < -0.3 is 10.0 Å². The van der Waals surface area contributed by atoms with Crippen LogP contribution in [0.15, 0.2) is 18.2 Å². The van der Waals surface area contributed by atoms with Gasteiger partial charge in [-0.15, -0.1) is 0 Å². The zero-order chi connectivity index (χ0) is 17.2. The molecule has 2 fully saturated rings. The summed E-state index contributed by atoms with van der Waals surface area (Å²) in [6, 6.07) is 5.71. The van der Waals surface area contributed by atoms with Crippen LogP contribution in [0.5, 0.6) is 0 Å². The summed E-state index contributed by atoms with van der Waals surface area (Å²) in [6.45, 7) is 2.46. The van der Waals surface area contributed by atoms with Gasteiger partial charge in [-0.1, -0.05) is 6.07 Å². The van der Waals surface area contributed by atoms with Crippen LogP contribution in [-0.4, -0.2) is 52.9 Å². The fraction of sp³-hybridized carbons (Fsp3) is 0.706. The number of likely N-dealkylation sites (tertiary alicyclic amines) is 1. The molecule has 1 unspecified atom stereocenters. The Bertz CT molecular complexity index is 560. The SMILES string of the molecule is OC1(C(F)(F)F)CCCN(Cc2cccc(N3CCCCC3)n2)C1. The van der Waals surface area contributed by atoms with E-state index in [0.717, 1.165) is 37.4 Å². The van der Waals surface area contributed by atoms with Crippen LogP contribution in [0, 0.1) is 0 Å². The lowest BCUT2D eigenvalue weighted by atomic mass is 9.92. The Hall–Kier alpha value is -1.34. The fourth-order valence-corrected chi connectivity index (χ4v) is 3.57. The molecule has 4 nitrogen and oxygen atoms in total. The van der Waals surface area contributed by atoms with Crippen molar-refractivity contribution in [2.24, 2.45) is 0 Å². The maximum absolute atomic E-state index is 13.0. The number of hydrogen-bond acceptors (Lipinski definition) is 4. The molecule has 3 rings (SSSR count). The maximum atomic E-state index is 13.0. The number of piperidine rings is 2. The molecular weight excluding hydrogens is 319 g/mol. The highest BCUT2D eigenvalue weighted by Crippen LogP contribution is 2.37. The molecule has 1 aromatic heterocycles. The molecule has 7 heteroatoms. The summed E-state index contributed by atoms with van der Waals surface area (Å²) in [5.41, 5.74) is -1.85. The monoisotopic (exact) mass is 343 g/mol. The predicted molar refractivity (Wildman–Crippen MR) is 85.8 cm³/mol. The van der Waals surface area contributed by atoms with Crippen molar-refractivity contribution in [3.63, 3.8) is 0 Å². The van der Waals surface area contributed by atoms with E-state index < -0.39 is 11.8 Å². The first-order valence-corrected chi connectivity index (χ1v) is 8.60. The number of anilines is 1. The van der Waals surface area contributed by atoms with Gasteiger partial charge in [0.15, 0.2) is 5.60 Å². The average molecular weight is 343 g/mol. The quantitative estimate of drug-likeness (QED) is 0.916. The Balaban J connectivity index is 1.67. The molecular formula is C17H24F3N3O. The molecule has 0 aliphatic carbocycles. The first kappa shape index (κ1) is 17.5. The van der Waals surface area contributed by atoms with Crippen LogP contribution in [0.25, 0.3) is 0 Å². The third-order valence-electron chi connectivity index (χ3n) is 4.94. The third-order valence-corrected chi connectivity index (χ3v) is 4.94. The van der Waals surface area contributed by atoms with Gasteiger partial charge in [-0.2, -0.15) is 13.2 Å². The number of alkyl halides is 3. The lowest BCUT2D eigenvalue weighted by Gasteiger charge is -2.40. The highest BCUT2D eigenvalue weighted by molar-refractivity contribution is 5.39. The van der Waals surface area contributed by atoms with Gasteiger partial charge in [0.2, 0.25) is 0 Å². The summed E-state index contributed by atoms with van der Waals surface area (Å²) < 4.78 is 39.1. The summed E-state index contributed by atoms with van der Waals surface area (Å²) in [4.78, 5) is 8.51. The first-order chi connectivity index (χ1) is 11.4. The van der Waals surface area contributed by atoms with Gasteiger partial charge in [0.05, 0.1) is 5.69 Å². The molecule has 0 bridgehead atoms. The van der Waals surface area contributed by atoms with Crippen LogP contribution >= 0.6 is 0 Å². The van der Waals surface area contributed by atoms with Gasteiger partial charge >= 0.3 is 6.18 Å². The normalized spacial score (nSPS) is 26.6. The average Bonchev–Trinajstić information content (AvgIpc) is 2.55. The molecule has 2 aliphatic heterocycles. The molecule has 0 saturated carbocycles. The topological polar surface area (TPSA) is 39.6 Å². The van der Waals surface area contributed by atoms with Crippen molar-refractivity contribution in [3.8, 4) is 0 Å². The summed E-state index contributed by atoms with van der Waals surface area (Å²) in [5.74, 6) is 0.898. The van der Waals surface area contributed by atoms with Gasteiger partial charge in [0, 0.05) is 26.2 Å². The number of hydrogen-bond donors (Lipinski definition) is 1. The molecule has 0 aromatic carbocycles. The number of pyridine rings is 1. The number of rotatable bonds is 3. The third kappa shape index (κ3) is 3.83. The van der Waals surface area contributed by atoms with Gasteiger partial charge in [-0.3, -0.25) is 4.90 Å². The van der Waals surface area contributed by atoms with Crippen molar-refractivity contribution in [1.82, 2.24) is 9.88 Å². The number of halogens is 3. The standard InChI is InChI=1S/C17H24F3N3O/c18-17(19,20)16(24)8-5-9-22(13-16)12-14-6-4-7-15(21-14)23-10-2-1-3-11-23/h4,6-7,24H,1-3,5,8-13H2. The minimum absolute atomic E-state index is 0.228. The Morgan fingerprint density at radius 2 is 1.83 bits per heavy atom. The number of aliphatic hydroxyl groups is 1. The van der Waals surface area contributed by atoms with E-state index in [1.54, 1.807) is 4.90 Å². The van der Waals surface area contributed by atoms with E-state index in [4.69, 9.17) is 0 Å². The molecule has 0 amide bonds. The van der Waals surface area contributed by atoms with Crippen molar-refractivity contribution in [3.05, 3.63) is 23.9 Å². The van der Waals surface area contributed by atoms with Crippen LogP contribution in [0.4, 0.5) is 19.0 Å². The molecule has 1 N–H and O–H groups in total. The maximum Gasteiger partial charge on any atom is 0.418 e. The van der Waals surface area contributed by atoms with Crippen molar-refractivity contribution in [1.29, 1.82) is 0 Å². The van der Waals surface area contributed by atoms with E-state index in [1.807, 2.05) is 18.2 Å². The van der Waals surface area contributed by atoms with Gasteiger partial charge in [-0.05, 0) is 50.8 Å². The van der Waals surface area contributed by atoms with Gasteiger partial charge in [0.1, 0.15) is 5.82 Å². The molecule has 2 saturated heterocycles. The molecule has 2 aliphatic rings. The fourth-order valence-electron chi connectivity index (χ4n) is 3.57. The van der Waals surface area contributed by atoms with Crippen molar-refractivity contribution in [2.45, 2.75) is 50.4 Å². The second-order valence-electron chi connectivity index (χ2n) is 6.88. The second kappa shape index (κ2) is 6.88. The van der Waals surface area contributed by atoms with Crippen LogP contribution in [0.1, 0.15) is 37.8 Å². The highest BCUT2D eigenvalue weighted by atomic mass is 19.4. The predicted octanol–water partition coefficient (Wildman–Crippen LogP) is 2.96. The van der Waals surface area contributed by atoms with Crippen molar-refractivity contribution >= 4 is 5.82 Å². The Labute approximate surface area is 140 Å². The second-order valence-corrected chi connectivity index (χ2v) is 6.88. The first-order valence-electron chi connectivity index (χ1n) is 8.60. The Morgan fingerprint density at radius 3 is 2.54 bits per heavy atom. The molecule has 134 valence electrons. The molecule has 0 radical (unpaired) electrons. The summed E-state index contributed by atoms with van der Waals surface area (Å²) in [6.07, 6.45) is -0.946. The van der Waals surface area contributed by atoms with E-state index >= 15 is 0 Å². The van der Waals surface area contributed by atoms with Gasteiger partial charge in [-0.25, -0.2) is 4.98 Å². The molecule has 1 atom stereocenters.